The predicted molar refractivity (Wildman–Crippen MR) is 84.1 cm³/mol. The molecule has 1 saturated carbocycles. The van der Waals surface area contributed by atoms with Gasteiger partial charge in [0.25, 0.3) is 17.5 Å². The monoisotopic (exact) mass is 321 g/mol. The highest BCUT2D eigenvalue weighted by Gasteiger charge is 2.28. The zero-order valence-electron chi connectivity index (χ0n) is 13.2. The van der Waals surface area contributed by atoms with Crippen LogP contribution in [0.4, 0.5) is 11.4 Å². The molecule has 23 heavy (non-hydrogen) atoms. The number of amides is 2. The zero-order chi connectivity index (χ0) is 17.0. The Morgan fingerprint density at radius 1 is 1.39 bits per heavy atom. The molecule has 1 aliphatic carbocycles. The van der Waals surface area contributed by atoms with Crippen LogP contribution < -0.4 is 15.5 Å². The minimum absolute atomic E-state index is 0.0876. The van der Waals surface area contributed by atoms with E-state index in [2.05, 4.69) is 10.6 Å². The number of benzene rings is 1. The maximum absolute atomic E-state index is 12.3. The van der Waals surface area contributed by atoms with E-state index in [4.69, 9.17) is 0 Å². The van der Waals surface area contributed by atoms with Crippen molar-refractivity contribution in [1.29, 1.82) is 0 Å². The summed E-state index contributed by atoms with van der Waals surface area (Å²) in [7, 11) is 1.75. The molecule has 0 spiro atoms. The van der Waals surface area contributed by atoms with E-state index in [9.17, 15) is 19.7 Å². The van der Waals surface area contributed by atoms with Gasteiger partial charge in [-0.2, -0.15) is 0 Å². The average Bonchev–Trinajstić information content (AvgIpc) is 3.30. The van der Waals surface area contributed by atoms with E-state index in [-0.39, 0.29) is 35.8 Å². The van der Waals surface area contributed by atoms with Crippen LogP contribution in [0.15, 0.2) is 24.3 Å². The van der Waals surface area contributed by atoms with Crippen LogP contribution in [0.3, 0.4) is 0 Å². The molecule has 0 saturated heterocycles. The van der Waals surface area contributed by atoms with E-state index in [1.54, 1.807) is 20.0 Å². The summed E-state index contributed by atoms with van der Waals surface area (Å²) in [5.74, 6) is -0.452. The van der Waals surface area contributed by atoms with Gasteiger partial charge >= 0.3 is 0 Å². The van der Waals surface area contributed by atoms with Gasteiger partial charge in [-0.1, -0.05) is 12.1 Å². The van der Waals surface area contributed by atoms with Gasteiger partial charge in [0.15, 0.2) is 12.6 Å². The molecule has 0 bridgehead atoms. The zero-order valence-corrected chi connectivity index (χ0v) is 13.2. The van der Waals surface area contributed by atoms with E-state index >= 15 is 0 Å². The molecular formula is C15H21N4O4+. The van der Waals surface area contributed by atoms with Crippen LogP contribution in [0.2, 0.25) is 0 Å². The van der Waals surface area contributed by atoms with E-state index in [1.165, 1.54) is 18.2 Å². The lowest BCUT2D eigenvalue weighted by atomic mass is 10.2. The number of hydrogen-bond acceptors (Lipinski definition) is 4. The number of para-hydroxylation sites is 2. The van der Waals surface area contributed by atoms with E-state index in [0.717, 1.165) is 17.7 Å². The summed E-state index contributed by atoms with van der Waals surface area (Å²) >= 11 is 0. The number of quaternary nitrogens is 1. The molecule has 8 heteroatoms. The molecule has 1 aliphatic rings. The molecule has 1 aromatic carbocycles. The molecule has 1 fully saturated rings. The van der Waals surface area contributed by atoms with Crippen molar-refractivity contribution >= 4 is 23.2 Å². The van der Waals surface area contributed by atoms with Crippen LogP contribution in [0.1, 0.15) is 19.8 Å². The second kappa shape index (κ2) is 7.19. The van der Waals surface area contributed by atoms with Crippen molar-refractivity contribution < 1.29 is 19.4 Å². The van der Waals surface area contributed by atoms with Crippen LogP contribution in [0, 0.1) is 10.1 Å². The van der Waals surface area contributed by atoms with Crippen molar-refractivity contribution in [3.63, 3.8) is 0 Å². The van der Waals surface area contributed by atoms with Crippen molar-refractivity contribution in [2.75, 3.05) is 18.9 Å². The molecule has 3 N–H and O–H groups in total. The fourth-order valence-electron chi connectivity index (χ4n) is 2.12. The topological polar surface area (TPSA) is 106 Å². The third-order valence-corrected chi connectivity index (χ3v) is 3.87. The summed E-state index contributed by atoms with van der Waals surface area (Å²) in [5, 5.41) is 16.4. The maximum atomic E-state index is 12.3. The van der Waals surface area contributed by atoms with Crippen LogP contribution >= 0.6 is 0 Å². The van der Waals surface area contributed by atoms with E-state index in [1.807, 2.05) is 0 Å². The highest BCUT2D eigenvalue weighted by molar-refractivity contribution is 5.95. The second-order valence-electron chi connectivity index (χ2n) is 5.85. The lowest BCUT2D eigenvalue weighted by Gasteiger charge is -2.20. The Bertz CT molecular complexity index is 615. The first-order chi connectivity index (χ1) is 10.9. The van der Waals surface area contributed by atoms with Crippen molar-refractivity contribution in [2.24, 2.45) is 0 Å². The lowest BCUT2D eigenvalue weighted by Crippen LogP contribution is -3.15. The van der Waals surface area contributed by atoms with Crippen molar-refractivity contribution in [1.82, 2.24) is 5.32 Å². The van der Waals surface area contributed by atoms with Gasteiger partial charge in [0, 0.05) is 12.1 Å². The Balaban J connectivity index is 1.93. The molecule has 124 valence electrons. The first kappa shape index (κ1) is 16.9. The number of rotatable bonds is 7. The van der Waals surface area contributed by atoms with Gasteiger partial charge in [-0.05, 0) is 25.8 Å². The summed E-state index contributed by atoms with van der Waals surface area (Å²) in [5.41, 5.74) is 0.00163. The minimum atomic E-state index is -0.542. The van der Waals surface area contributed by atoms with Gasteiger partial charge in [0.1, 0.15) is 5.69 Å². The fourth-order valence-corrected chi connectivity index (χ4v) is 2.12. The van der Waals surface area contributed by atoms with Gasteiger partial charge in [0.2, 0.25) is 0 Å². The quantitative estimate of drug-likeness (QED) is 0.474. The minimum Gasteiger partial charge on any atom is -0.348 e. The molecule has 8 nitrogen and oxygen atoms in total. The number of nitrogens with zero attached hydrogens (tertiary/aromatic N) is 1. The SMILES string of the molecule is C[C@@H](C(=O)Nc1ccccc1[N+](=O)[O-])[NH+](C)CC(=O)NC1CC1. The third kappa shape index (κ3) is 4.75. The number of likely N-dealkylation sites (N-methyl/N-ethyl adjacent to an activating group) is 1. The first-order valence-electron chi connectivity index (χ1n) is 7.54. The van der Waals surface area contributed by atoms with Crippen molar-refractivity contribution in [3.8, 4) is 0 Å². The fraction of sp³-hybridized carbons (Fsp3) is 0.467. The van der Waals surface area contributed by atoms with Gasteiger partial charge in [-0.15, -0.1) is 0 Å². The Morgan fingerprint density at radius 2 is 2.04 bits per heavy atom. The molecule has 1 unspecified atom stereocenters. The molecule has 0 aromatic heterocycles. The maximum Gasteiger partial charge on any atom is 0.292 e. The number of hydrogen-bond donors (Lipinski definition) is 3. The molecule has 2 rings (SSSR count). The number of nitrogens with one attached hydrogen (secondary N) is 3. The standard InChI is InChI=1S/C15H20N4O4/c1-10(18(2)9-14(20)16-11-7-8-11)15(21)17-12-5-3-4-6-13(12)19(22)23/h3-6,10-11H,7-9H2,1-2H3,(H,16,20)(H,17,21)/p+1/t10-/m0/s1. The summed E-state index contributed by atoms with van der Waals surface area (Å²) in [6.45, 7) is 1.87. The summed E-state index contributed by atoms with van der Waals surface area (Å²) in [4.78, 5) is 35.2. The molecule has 0 aliphatic heterocycles. The highest BCUT2D eigenvalue weighted by atomic mass is 16.6. The van der Waals surface area contributed by atoms with Gasteiger partial charge in [0.05, 0.1) is 12.0 Å². The smallest absolute Gasteiger partial charge is 0.292 e. The average molecular weight is 321 g/mol. The molecule has 2 atom stereocenters. The number of nitro benzene ring substituents is 1. The number of nitro groups is 1. The molecule has 1 aromatic rings. The lowest BCUT2D eigenvalue weighted by molar-refractivity contribution is -0.885. The Labute approximate surface area is 134 Å². The van der Waals surface area contributed by atoms with Crippen LogP contribution in [-0.4, -0.2) is 42.4 Å². The Morgan fingerprint density at radius 3 is 2.65 bits per heavy atom. The second-order valence-corrected chi connectivity index (χ2v) is 5.85. The number of anilines is 1. The summed E-state index contributed by atoms with van der Waals surface area (Å²) in [6.07, 6.45) is 2.02. The normalized spacial score (nSPS) is 16.3. The van der Waals surface area contributed by atoms with Crippen LogP contribution in [0.25, 0.3) is 0 Å². The summed E-state index contributed by atoms with van der Waals surface area (Å²) in [6, 6.07) is 5.74. The number of carbonyl (C=O) groups is 2. The van der Waals surface area contributed by atoms with Gasteiger partial charge < -0.3 is 15.5 Å². The number of carbonyl (C=O) groups excluding carboxylic acids is 2. The Hall–Kier alpha value is -2.48. The molecular weight excluding hydrogens is 300 g/mol. The highest BCUT2D eigenvalue weighted by Crippen LogP contribution is 2.23. The van der Waals surface area contributed by atoms with Crippen LogP contribution in [-0.2, 0) is 9.59 Å². The molecule has 2 amide bonds. The molecule has 0 heterocycles. The Kier molecular flexibility index (Phi) is 5.28. The van der Waals surface area contributed by atoms with Gasteiger partial charge in [-0.25, -0.2) is 0 Å². The summed E-state index contributed by atoms with van der Waals surface area (Å²) < 4.78 is 0. The third-order valence-electron chi connectivity index (χ3n) is 3.87. The first-order valence-corrected chi connectivity index (χ1v) is 7.54. The van der Waals surface area contributed by atoms with E-state index < -0.39 is 11.0 Å². The van der Waals surface area contributed by atoms with Crippen LogP contribution in [0.5, 0.6) is 0 Å². The largest absolute Gasteiger partial charge is 0.348 e. The van der Waals surface area contributed by atoms with Crippen molar-refractivity contribution in [3.05, 3.63) is 34.4 Å². The predicted octanol–water partition coefficient (Wildman–Crippen LogP) is -0.285. The van der Waals surface area contributed by atoms with E-state index in [0.29, 0.717) is 0 Å². The molecule has 0 radical (unpaired) electrons. The van der Waals surface area contributed by atoms with Gasteiger partial charge in [-0.3, -0.25) is 19.7 Å². The van der Waals surface area contributed by atoms with Crippen molar-refractivity contribution in [2.45, 2.75) is 31.8 Å².